The number of rotatable bonds is 13. The number of carbonyl (C=O) groups excluding carboxylic acids is 1. The summed E-state index contributed by atoms with van der Waals surface area (Å²) in [6, 6.07) is 13.8. The van der Waals surface area contributed by atoms with Gasteiger partial charge >= 0.3 is 5.97 Å². The molecule has 7 rings (SSSR count). The predicted molar refractivity (Wildman–Crippen MR) is 201 cm³/mol. The van der Waals surface area contributed by atoms with Crippen LogP contribution in [0.2, 0.25) is 10.0 Å². The highest BCUT2D eigenvalue weighted by Crippen LogP contribution is 2.45. The Morgan fingerprint density at radius 1 is 1.02 bits per heavy atom. The molecule has 278 valence electrons. The summed E-state index contributed by atoms with van der Waals surface area (Å²) in [5.74, 6) is 0.0137. The fourth-order valence-electron chi connectivity index (χ4n) is 7.55. The molecule has 3 aliphatic rings. The highest BCUT2D eigenvalue weighted by molar-refractivity contribution is 6.36. The molecule has 2 saturated heterocycles. The summed E-state index contributed by atoms with van der Waals surface area (Å²) in [4.78, 5) is 39.3. The van der Waals surface area contributed by atoms with E-state index in [1.54, 1.807) is 26.5 Å². The van der Waals surface area contributed by atoms with Crippen LogP contribution in [0.4, 0.5) is 0 Å². The van der Waals surface area contributed by atoms with Crippen molar-refractivity contribution in [2.45, 2.75) is 63.8 Å². The van der Waals surface area contributed by atoms with Gasteiger partial charge in [0, 0.05) is 48.8 Å². The van der Waals surface area contributed by atoms with Crippen molar-refractivity contribution in [2.24, 2.45) is 5.92 Å². The molecule has 2 aromatic heterocycles. The summed E-state index contributed by atoms with van der Waals surface area (Å²) in [6.07, 6.45) is 4.88. The number of fused-ring (bicyclic) bond motifs is 1. The molecule has 2 aromatic carbocycles. The van der Waals surface area contributed by atoms with Crippen molar-refractivity contribution in [1.29, 1.82) is 0 Å². The highest BCUT2D eigenvalue weighted by Gasteiger charge is 2.31. The molecule has 0 spiro atoms. The van der Waals surface area contributed by atoms with Crippen molar-refractivity contribution in [3.8, 4) is 40.0 Å². The number of amides is 1. The summed E-state index contributed by atoms with van der Waals surface area (Å²) in [5.41, 5.74) is 6.81. The maximum atomic E-state index is 11.6. The van der Waals surface area contributed by atoms with Gasteiger partial charge in [0.1, 0.15) is 16.8 Å². The second kappa shape index (κ2) is 15.9. The minimum atomic E-state index is -0.776. The highest BCUT2D eigenvalue weighted by atomic mass is 35.5. The number of methoxy groups -OCH3 is 2. The number of nitrogens with zero attached hydrogens (tertiary/aromatic N) is 4. The topological polar surface area (TPSA) is 148 Å². The van der Waals surface area contributed by atoms with Crippen LogP contribution < -0.4 is 24.8 Å². The maximum absolute atomic E-state index is 11.6. The van der Waals surface area contributed by atoms with Gasteiger partial charge in [-0.2, -0.15) is 4.98 Å². The number of carbonyl (C=O) groups is 2. The van der Waals surface area contributed by atoms with Crippen LogP contribution in [0.5, 0.6) is 17.6 Å². The number of aromatic nitrogens is 3. The Morgan fingerprint density at radius 2 is 1.79 bits per heavy atom. The first-order chi connectivity index (χ1) is 25.6. The molecular weight excluding hydrogens is 719 g/mol. The molecule has 0 bridgehead atoms. The second-order valence-corrected chi connectivity index (χ2v) is 14.6. The molecule has 4 heterocycles. The van der Waals surface area contributed by atoms with Crippen molar-refractivity contribution in [3.05, 3.63) is 81.1 Å². The zero-order chi connectivity index (χ0) is 37.2. The first kappa shape index (κ1) is 36.9. The third kappa shape index (κ3) is 7.77. The van der Waals surface area contributed by atoms with E-state index in [1.807, 2.05) is 31.2 Å². The largest absolute Gasteiger partial charge is 0.481 e. The normalized spacial score (nSPS) is 20.2. The number of nitrogens with one attached hydrogen (secondary N) is 2. The average Bonchev–Trinajstić information content (AvgIpc) is 3.92. The molecule has 1 aliphatic carbocycles. The number of halogens is 2. The van der Waals surface area contributed by atoms with Crippen LogP contribution in [0.25, 0.3) is 22.4 Å². The van der Waals surface area contributed by atoms with Crippen molar-refractivity contribution in [3.63, 3.8) is 0 Å². The zero-order valence-electron chi connectivity index (χ0n) is 29.8. The smallest absolute Gasteiger partial charge is 0.307 e. The van der Waals surface area contributed by atoms with Crippen LogP contribution in [-0.2, 0) is 22.6 Å². The summed E-state index contributed by atoms with van der Waals surface area (Å²) in [6.45, 7) is 4.25. The molecule has 2 aliphatic heterocycles. The first-order valence-corrected chi connectivity index (χ1v) is 18.6. The van der Waals surface area contributed by atoms with Crippen LogP contribution in [0.3, 0.4) is 0 Å². The van der Waals surface area contributed by atoms with Crippen LogP contribution in [-0.4, -0.2) is 76.7 Å². The van der Waals surface area contributed by atoms with E-state index in [0.717, 1.165) is 52.6 Å². The third-order valence-corrected chi connectivity index (χ3v) is 11.0. The van der Waals surface area contributed by atoms with Gasteiger partial charge in [0.05, 0.1) is 43.1 Å². The van der Waals surface area contributed by atoms with Crippen molar-refractivity contribution >= 4 is 35.1 Å². The number of hydrogen-bond acceptors (Lipinski definition) is 10. The van der Waals surface area contributed by atoms with E-state index in [-0.39, 0.29) is 35.9 Å². The molecule has 4 aromatic rings. The lowest BCUT2D eigenvalue weighted by Crippen LogP contribution is -2.37. The van der Waals surface area contributed by atoms with E-state index in [1.165, 1.54) is 0 Å². The fourth-order valence-corrected chi connectivity index (χ4v) is 8.10. The van der Waals surface area contributed by atoms with E-state index < -0.39 is 5.97 Å². The Balaban J connectivity index is 1.09. The summed E-state index contributed by atoms with van der Waals surface area (Å²) >= 11 is 13.9. The summed E-state index contributed by atoms with van der Waals surface area (Å²) < 4.78 is 17.8. The lowest BCUT2D eigenvalue weighted by molar-refractivity contribution is -0.141. The van der Waals surface area contributed by atoms with Gasteiger partial charge < -0.3 is 30.0 Å². The standard InChI is InChI=1S/C39H42Cl2N6O6/c1-21(42-17-24-10-13-33(48)44-24)35-38(52-3)45-31(18-43-35)29-9-5-8-28(34(29)41)25-6-4-7-27-26(25)11-12-32(27)53-37-30(40)16-23(36(46-37)51-2)20-47-15-14-22(19-47)39(49)50/h4-9,16,18,21-22,24,32,42H,10-15,17,19-20H2,1-3H3,(H,44,48)(H,49,50)/t21-,22-,24-,32+/m1/s1. The van der Waals surface area contributed by atoms with Crippen molar-refractivity contribution in [1.82, 2.24) is 30.5 Å². The fraction of sp³-hybridized carbons (Fsp3) is 0.410. The number of pyridine rings is 1. The zero-order valence-corrected chi connectivity index (χ0v) is 31.3. The van der Waals surface area contributed by atoms with Crippen LogP contribution in [0.15, 0.2) is 48.7 Å². The van der Waals surface area contributed by atoms with Gasteiger partial charge in [0.15, 0.2) is 0 Å². The molecule has 2 fully saturated rings. The number of aliphatic carboxylic acids is 1. The lowest BCUT2D eigenvalue weighted by Gasteiger charge is -2.20. The van der Waals surface area contributed by atoms with E-state index in [2.05, 4.69) is 32.7 Å². The van der Waals surface area contributed by atoms with E-state index in [4.69, 9.17) is 47.4 Å². The molecular formula is C39H42Cl2N6O6. The Morgan fingerprint density at radius 3 is 2.53 bits per heavy atom. The first-order valence-electron chi connectivity index (χ1n) is 17.8. The van der Waals surface area contributed by atoms with E-state index in [0.29, 0.717) is 72.2 Å². The summed E-state index contributed by atoms with van der Waals surface area (Å²) in [5, 5.41) is 16.7. The Bertz CT molecular complexity index is 2030. The average molecular weight is 762 g/mol. The molecule has 0 radical (unpaired) electrons. The SMILES string of the molecule is COc1nc(O[C@H]2CCc3c(-c4cccc(-c5cnc([C@@H](C)NC[C@H]6CCC(=O)N6)c(OC)n5)c4Cl)cccc32)c(Cl)cc1CN1CC[C@@H](C(=O)O)C1. The van der Waals surface area contributed by atoms with Crippen molar-refractivity contribution in [2.75, 3.05) is 33.9 Å². The Kier molecular flexibility index (Phi) is 11.0. The number of carboxylic acids is 1. The van der Waals surface area contributed by atoms with E-state index in [9.17, 15) is 14.7 Å². The number of carboxylic acid groups (broad SMARTS) is 1. The molecule has 12 nitrogen and oxygen atoms in total. The molecule has 53 heavy (non-hydrogen) atoms. The number of hydrogen-bond donors (Lipinski definition) is 3. The van der Waals surface area contributed by atoms with Crippen LogP contribution >= 0.6 is 23.2 Å². The van der Waals surface area contributed by atoms with Gasteiger partial charge in [0.2, 0.25) is 23.5 Å². The Hall–Kier alpha value is -4.49. The molecule has 1 amide bonds. The van der Waals surface area contributed by atoms with E-state index >= 15 is 0 Å². The maximum Gasteiger partial charge on any atom is 0.307 e. The lowest BCUT2D eigenvalue weighted by atomic mass is 9.95. The van der Waals surface area contributed by atoms with Gasteiger partial charge in [-0.15, -0.1) is 0 Å². The van der Waals surface area contributed by atoms with Gasteiger partial charge in [-0.25, -0.2) is 4.98 Å². The monoisotopic (exact) mass is 760 g/mol. The molecule has 4 atom stereocenters. The Labute approximate surface area is 318 Å². The molecule has 0 unspecified atom stereocenters. The minimum absolute atomic E-state index is 0.0813. The van der Waals surface area contributed by atoms with Gasteiger partial charge in [0.25, 0.3) is 0 Å². The van der Waals surface area contributed by atoms with Crippen LogP contribution in [0.1, 0.15) is 67.1 Å². The van der Waals surface area contributed by atoms with Gasteiger partial charge in [-0.1, -0.05) is 59.6 Å². The second-order valence-electron chi connectivity index (χ2n) is 13.8. The number of likely N-dealkylation sites (tertiary alicyclic amines) is 1. The minimum Gasteiger partial charge on any atom is -0.481 e. The van der Waals surface area contributed by atoms with Gasteiger partial charge in [-0.05, 0) is 61.9 Å². The van der Waals surface area contributed by atoms with Crippen LogP contribution in [0, 0.1) is 5.92 Å². The van der Waals surface area contributed by atoms with Gasteiger partial charge in [-0.3, -0.25) is 19.5 Å². The summed E-state index contributed by atoms with van der Waals surface area (Å²) in [7, 11) is 3.13. The number of benzene rings is 2. The number of ether oxygens (including phenoxy) is 3. The molecule has 14 heteroatoms. The quantitative estimate of drug-likeness (QED) is 0.138. The molecule has 3 N–H and O–H groups in total. The third-order valence-electron chi connectivity index (χ3n) is 10.4. The predicted octanol–water partition coefficient (Wildman–Crippen LogP) is 6.43. The van der Waals surface area contributed by atoms with Crippen molar-refractivity contribution < 1.29 is 28.9 Å². The molecule has 0 saturated carbocycles.